The lowest BCUT2D eigenvalue weighted by Gasteiger charge is -1.99. The SMILES string of the molecule is C=NC(=[NH2+])c1cccc(CNC)c1. The van der Waals surface area contributed by atoms with E-state index in [0.717, 1.165) is 12.1 Å². The Morgan fingerprint density at radius 1 is 1.62 bits per heavy atom. The molecule has 0 atom stereocenters. The lowest BCUT2D eigenvalue weighted by atomic mass is 10.1. The highest BCUT2D eigenvalue weighted by atomic mass is 14.8. The molecular weight excluding hydrogens is 162 g/mol. The standard InChI is InChI=1S/C10H13N3/c1-12-7-8-4-3-5-9(6-8)10(11)13-2/h3-6,11-12H,2,7H2,1H3/p+1. The quantitative estimate of drug-likeness (QED) is 0.478. The molecule has 0 saturated carbocycles. The molecule has 0 spiro atoms. The summed E-state index contributed by atoms with van der Waals surface area (Å²) in [5.74, 6) is 0.470. The van der Waals surface area contributed by atoms with Gasteiger partial charge in [0.05, 0.1) is 5.56 Å². The minimum atomic E-state index is 0.470. The highest BCUT2D eigenvalue weighted by Crippen LogP contribution is 2.04. The molecule has 0 radical (unpaired) electrons. The molecule has 0 amide bonds. The number of hydrogen-bond donors (Lipinski definition) is 2. The van der Waals surface area contributed by atoms with Crippen LogP contribution in [0.15, 0.2) is 29.3 Å². The minimum Gasteiger partial charge on any atom is -0.316 e. The van der Waals surface area contributed by atoms with Crippen molar-refractivity contribution in [2.24, 2.45) is 4.99 Å². The molecule has 0 aliphatic heterocycles. The Labute approximate surface area is 78.0 Å². The Balaban J connectivity index is 2.91. The minimum absolute atomic E-state index is 0.470. The van der Waals surface area contributed by atoms with E-state index >= 15 is 0 Å². The van der Waals surface area contributed by atoms with Crippen molar-refractivity contribution in [1.82, 2.24) is 5.32 Å². The van der Waals surface area contributed by atoms with Gasteiger partial charge in [0, 0.05) is 6.54 Å². The number of hydrogen-bond acceptors (Lipinski definition) is 1. The third kappa shape index (κ3) is 2.49. The van der Waals surface area contributed by atoms with E-state index in [0.29, 0.717) is 5.84 Å². The molecule has 0 aliphatic carbocycles. The van der Waals surface area contributed by atoms with Gasteiger partial charge in [0.1, 0.15) is 6.72 Å². The number of benzene rings is 1. The van der Waals surface area contributed by atoms with Crippen LogP contribution >= 0.6 is 0 Å². The second kappa shape index (κ2) is 4.52. The third-order valence-electron chi connectivity index (χ3n) is 1.77. The number of nitrogens with one attached hydrogen (secondary N) is 1. The van der Waals surface area contributed by atoms with Gasteiger partial charge >= 0.3 is 5.84 Å². The molecule has 1 aromatic rings. The van der Waals surface area contributed by atoms with E-state index in [9.17, 15) is 0 Å². The molecule has 0 heterocycles. The van der Waals surface area contributed by atoms with Crippen LogP contribution in [0.1, 0.15) is 11.1 Å². The Hall–Kier alpha value is -1.48. The number of amidine groups is 1. The summed E-state index contributed by atoms with van der Waals surface area (Å²) in [4.78, 5) is 3.68. The number of rotatable bonds is 3. The highest BCUT2D eigenvalue weighted by molar-refractivity contribution is 5.96. The van der Waals surface area contributed by atoms with Crippen LogP contribution in [0.4, 0.5) is 0 Å². The van der Waals surface area contributed by atoms with Crippen molar-refractivity contribution in [3.05, 3.63) is 35.4 Å². The number of nitrogens with two attached hydrogens (primary N) is 1. The lowest BCUT2D eigenvalue weighted by Crippen LogP contribution is -2.38. The second-order valence-electron chi connectivity index (χ2n) is 2.77. The van der Waals surface area contributed by atoms with Crippen LogP contribution in [-0.4, -0.2) is 19.6 Å². The molecule has 0 saturated heterocycles. The van der Waals surface area contributed by atoms with Crippen LogP contribution in [0.3, 0.4) is 0 Å². The van der Waals surface area contributed by atoms with E-state index in [4.69, 9.17) is 5.41 Å². The summed E-state index contributed by atoms with van der Waals surface area (Å²) in [6.45, 7) is 4.22. The first kappa shape index (κ1) is 9.61. The summed E-state index contributed by atoms with van der Waals surface area (Å²) >= 11 is 0. The lowest BCUT2D eigenvalue weighted by molar-refractivity contribution is -0.113. The van der Waals surface area contributed by atoms with Gasteiger partial charge in [-0.1, -0.05) is 17.1 Å². The fraction of sp³-hybridized carbons (Fsp3) is 0.200. The van der Waals surface area contributed by atoms with Gasteiger partial charge in [-0.2, -0.15) is 0 Å². The van der Waals surface area contributed by atoms with Crippen LogP contribution in [0, 0.1) is 0 Å². The molecule has 0 aromatic heterocycles. The third-order valence-corrected chi connectivity index (χ3v) is 1.77. The number of aliphatic imine (C=N–C) groups is 1. The summed E-state index contributed by atoms with van der Waals surface area (Å²) in [5.41, 5.74) is 2.11. The molecule has 0 aliphatic rings. The first-order valence-corrected chi connectivity index (χ1v) is 4.11. The van der Waals surface area contributed by atoms with Crippen molar-refractivity contribution in [3.63, 3.8) is 0 Å². The van der Waals surface area contributed by atoms with Gasteiger partial charge in [0.25, 0.3) is 0 Å². The summed E-state index contributed by atoms with van der Waals surface area (Å²) in [6, 6.07) is 7.92. The molecule has 0 fully saturated rings. The van der Waals surface area contributed by atoms with Crippen molar-refractivity contribution >= 4 is 12.6 Å². The van der Waals surface area contributed by atoms with Crippen molar-refractivity contribution in [2.75, 3.05) is 7.05 Å². The maximum absolute atomic E-state index is 5.63. The highest BCUT2D eigenvalue weighted by Gasteiger charge is 2.05. The normalized spacial score (nSPS) is 9.62. The van der Waals surface area contributed by atoms with Gasteiger partial charge in [-0.15, -0.1) is 0 Å². The zero-order valence-corrected chi connectivity index (χ0v) is 7.75. The first-order chi connectivity index (χ1) is 6.27. The molecule has 13 heavy (non-hydrogen) atoms. The average Bonchev–Trinajstić information content (AvgIpc) is 2.18. The molecule has 0 unspecified atom stereocenters. The topological polar surface area (TPSA) is 50.0 Å². The Bertz CT molecular complexity index is 318. The Morgan fingerprint density at radius 2 is 2.38 bits per heavy atom. The van der Waals surface area contributed by atoms with Gasteiger partial charge < -0.3 is 5.32 Å². The monoisotopic (exact) mass is 176 g/mol. The van der Waals surface area contributed by atoms with Gasteiger partial charge in [-0.05, 0) is 24.7 Å². The van der Waals surface area contributed by atoms with E-state index in [1.807, 2.05) is 31.3 Å². The molecule has 3 heteroatoms. The average molecular weight is 176 g/mol. The molecule has 3 nitrogen and oxygen atoms in total. The van der Waals surface area contributed by atoms with Crippen molar-refractivity contribution in [3.8, 4) is 0 Å². The van der Waals surface area contributed by atoms with Gasteiger partial charge in [0.2, 0.25) is 0 Å². The predicted octanol–water partition coefficient (Wildman–Crippen LogP) is -0.388. The van der Waals surface area contributed by atoms with Crippen molar-refractivity contribution in [2.45, 2.75) is 6.54 Å². The molecule has 1 rings (SSSR count). The molecule has 68 valence electrons. The van der Waals surface area contributed by atoms with Gasteiger partial charge in [-0.25, -0.2) is 0 Å². The van der Waals surface area contributed by atoms with E-state index in [1.54, 1.807) is 0 Å². The molecule has 3 N–H and O–H groups in total. The van der Waals surface area contributed by atoms with Crippen LogP contribution in [0.2, 0.25) is 0 Å². The van der Waals surface area contributed by atoms with Crippen LogP contribution < -0.4 is 10.7 Å². The maximum Gasteiger partial charge on any atom is 0.320 e. The van der Waals surface area contributed by atoms with Crippen LogP contribution in [-0.2, 0) is 6.54 Å². The van der Waals surface area contributed by atoms with Crippen LogP contribution in [0.5, 0.6) is 0 Å². The van der Waals surface area contributed by atoms with Crippen molar-refractivity contribution in [1.29, 1.82) is 0 Å². The van der Waals surface area contributed by atoms with E-state index in [2.05, 4.69) is 17.0 Å². The summed E-state index contributed by atoms with van der Waals surface area (Å²) in [6.07, 6.45) is 0. The largest absolute Gasteiger partial charge is 0.320 e. The van der Waals surface area contributed by atoms with Gasteiger partial charge in [-0.3, -0.25) is 5.41 Å². The predicted molar refractivity (Wildman–Crippen MR) is 54.8 cm³/mol. The zero-order valence-electron chi connectivity index (χ0n) is 7.75. The first-order valence-electron chi connectivity index (χ1n) is 4.11. The summed E-state index contributed by atoms with van der Waals surface area (Å²) in [7, 11) is 1.91. The molecule has 1 aromatic carbocycles. The van der Waals surface area contributed by atoms with E-state index in [1.165, 1.54) is 5.56 Å². The smallest absolute Gasteiger partial charge is 0.316 e. The summed E-state index contributed by atoms with van der Waals surface area (Å²) in [5, 5.41) is 8.70. The zero-order chi connectivity index (χ0) is 9.68. The fourth-order valence-corrected chi connectivity index (χ4v) is 1.14. The van der Waals surface area contributed by atoms with E-state index in [-0.39, 0.29) is 0 Å². The van der Waals surface area contributed by atoms with Crippen molar-refractivity contribution < 1.29 is 5.41 Å². The summed E-state index contributed by atoms with van der Waals surface area (Å²) < 4.78 is 0. The molecular formula is C10H14N3+. The fourth-order valence-electron chi connectivity index (χ4n) is 1.14. The van der Waals surface area contributed by atoms with Gasteiger partial charge in [0.15, 0.2) is 0 Å². The van der Waals surface area contributed by atoms with Crippen LogP contribution in [0.25, 0.3) is 0 Å². The number of nitrogens with zero attached hydrogens (tertiary/aromatic N) is 1. The Kier molecular flexibility index (Phi) is 3.34. The molecule has 0 bridgehead atoms. The Morgan fingerprint density at radius 3 is 3.00 bits per heavy atom. The second-order valence-corrected chi connectivity index (χ2v) is 2.77. The van der Waals surface area contributed by atoms with E-state index < -0.39 is 0 Å². The maximum atomic E-state index is 5.63.